The number of methoxy groups -OCH3 is 3. The third-order valence-corrected chi connectivity index (χ3v) is 4.32. The summed E-state index contributed by atoms with van der Waals surface area (Å²) in [5.41, 5.74) is 1.82. The average Bonchev–Trinajstić information content (AvgIpc) is 3.15. The molecule has 3 rings (SSSR count). The molecule has 0 saturated heterocycles. The van der Waals surface area contributed by atoms with Crippen molar-refractivity contribution in [2.24, 2.45) is 0 Å². The number of benzene rings is 1. The minimum absolute atomic E-state index is 0.386. The van der Waals surface area contributed by atoms with Crippen molar-refractivity contribution in [1.82, 2.24) is 15.2 Å². The van der Waals surface area contributed by atoms with E-state index in [1.807, 2.05) is 12.1 Å². The molecule has 0 saturated carbocycles. The van der Waals surface area contributed by atoms with Crippen molar-refractivity contribution in [3.63, 3.8) is 0 Å². The largest absolute Gasteiger partial charge is 0.493 e. The first-order valence-corrected chi connectivity index (χ1v) is 8.39. The van der Waals surface area contributed by atoms with E-state index in [1.165, 1.54) is 11.8 Å². The highest BCUT2D eigenvalue weighted by Gasteiger charge is 2.17. The fraction of sp³-hybridized carbons (Fsp3) is 0.235. The Hall–Kier alpha value is -2.74. The Morgan fingerprint density at radius 3 is 2.24 bits per heavy atom. The molecular weight excluding hydrogens is 342 g/mol. The van der Waals surface area contributed by atoms with Crippen LogP contribution in [0.1, 0.15) is 5.56 Å². The minimum Gasteiger partial charge on any atom is -0.493 e. The number of nitrogens with zero attached hydrogens (tertiary/aromatic N) is 3. The van der Waals surface area contributed by atoms with Gasteiger partial charge in [-0.3, -0.25) is 4.98 Å². The summed E-state index contributed by atoms with van der Waals surface area (Å²) in [6.07, 6.45) is 3.51. The summed E-state index contributed by atoms with van der Waals surface area (Å²) in [6, 6.07) is 7.44. The van der Waals surface area contributed by atoms with Crippen LogP contribution in [0.2, 0.25) is 0 Å². The van der Waals surface area contributed by atoms with Crippen LogP contribution in [0, 0.1) is 0 Å². The van der Waals surface area contributed by atoms with Gasteiger partial charge in [0.25, 0.3) is 5.22 Å². The smallest absolute Gasteiger partial charge is 0.277 e. The minimum atomic E-state index is 0.386. The highest BCUT2D eigenvalue weighted by molar-refractivity contribution is 7.98. The molecule has 2 aromatic heterocycles. The van der Waals surface area contributed by atoms with Gasteiger partial charge in [-0.1, -0.05) is 11.8 Å². The van der Waals surface area contributed by atoms with Crippen LogP contribution in [0.3, 0.4) is 0 Å². The number of ether oxygens (including phenoxy) is 3. The second-order valence-electron chi connectivity index (χ2n) is 4.93. The van der Waals surface area contributed by atoms with Gasteiger partial charge in [-0.2, -0.15) is 0 Å². The van der Waals surface area contributed by atoms with E-state index in [2.05, 4.69) is 15.2 Å². The number of pyridine rings is 1. The molecule has 1 aromatic carbocycles. The highest BCUT2D eigenvalue weighted by atomic mass is 32.2. The molecule has 130 valence electrons. The van der Waals surface area contributed by atoms with E-state index >= 15 is 0 Å². The normalized spacial score (nSPS) is 10.5. The van der Waals surface area contributed by atoms with Gasteiger partial charge < -0.3 is 18.6 Å². The van der Waals surface area contributed by atoms with Gasteiger partial charge in [0.2, 0.25) is 11.6 Å². The fourth-order valence-electron chi connectivity index (χ4n) is 2.21. The van der Waals surface area contributed by atoms with Gasteiger partial charge in [-0.05, 0) is 29.8 Å². The summed E-state index contributed by atoms with van der Waals surface area (Å²) >= 11 is 1.46. The van der Waals surface area contributed by atoms with Crippen LogP contribution in [0.4, 0.5) is 0 Å². The molecule has 0 aliphatic heterocycles. The standard InChI is InChI=1S/C17H17N3O4S/c1-21-13-8-12(9-14(22-2)15(13)23-3)16-19-20-17(24-16)25-10-11-4-6-18-7-5-11/h4-9H,10H2,1-3H3. The van der Waals surface area contributed by atoms with Crippen LogP contribution < -0.4 is 14.2 Å². The molecule has 0 aliphatic rings. The number of thioether (sulfide) groups is 1. The molecular formula is C17H17N3O4S. The molecule has 0 amide bonds. The average molecular weight is 359 g/mol. The first kappa shape index (κ1) is 17.1. The molecule has 8 heteroatoms. The van der Waals surface area contributed by atoms with Crippen LogP contribution in [0.15, 0.2) is 46.3 Å². The van der Waals surface area contributed by atoms with E-state index in [9.17, 15) is 0 Å². The Balaban J connectivity index is 1.82. The van der Waals surface area contributed by atoms with Crippen molar-refractivity contribution in [3.8, 4) is 28.7 Å². The molecule has 0 spiro atoms. The molecule has 0 atom stereocenters. The summed E-state index contributed by atoms with van der Waals surface area (Å²) in [7, 11) is 4.68. The van der Waals surface area contributed by atoms with E-state index in [-0.39, 0.29) is 0 Å². The molecule has 25 heavy (non-hydrogen) atoms. The van der Waals surface area contributed by atoms with Gasteiger partial charge in [0, 0.05) is 23.7 Å². The maximum Gasteiger partial charge on any atom is 0.277 e. The fourth-order valence-corrected chi connectivity index (χ4v) is 2.93. The zero-order chi connectivity index (χ0) is 17.6. The molecule has 0 fully saturated rings. The number of aromatic nitrogens is 3. The van der Waals surface area contributed by atoms with Crippen molar-refractivity contribution >= 4 is 11.8 Å². The highest BCUT2D eigenvalue weighted by Crippen LogP contribution is 2.41. The lowest BCUT2D eigenvalue weighted by molar-refractivity contribution is 0.324. The van der Waals surface area contributed by atoms with Gasteiger partial charge in [0.1, 0.15) is 0 Å². The summed E-state index contributed by atoms with van der Waals surface area (Å²) < 4.78 is 21.7. The lowest BCUT2D eigenvalue weighted by Crippen LogP contribution is -1.95. The van der Waals surface area contributed by atoms with Crippen LogP contribution in [0.5, 0.6) is 17.2 Å². The summed E-state index contributed by atoms with van der Waals surface area (Å²) in [4.78, 5) is 4.00. The Kier molecular flexibility index (Phi) is 5.39. The molecule has 7 nitrogen and oxygen atoms in total. The van der Waals surface area contributed by atoms with E-state index in [0.717, 1.165) is 11.3 Å². The molecule has 0 aliphatic carbocycles. The van der Waals surface area contributed by atoms with Crippen molar-refractivity contribution in [2.45, 2.75) is 11.0 Å². The lowest BCUT2D eigenvalue weighted by Gasteiger charge is -2.12. The Morgan fingerprint density at radius 1 is 0.960 bits per heavy atom. The van der Waals surface area contributed by atoms with Crippen LogP contribution in [-0.2, 0) is 5.75 Å². The van der Waals surface area contributed by atoms with Crippen LogP contribution >= 0.6 is 11.8 Å². The maximum absolute atomic E-state index is 5.74. The quantitative estimate of drug-likeness (QED) is 0.594. The first-order chi connectivity index (χ1) is 12.2. The summed E-state index contributed by atoms with van der Waals surface area (Å²) in [6.45, 7) is 0. The molecule has 2 heterocycles. The van der Waals surface area contributed by atoms with E-state index in [0.29, 0.717) is 33.9 Å². The van der Waals surface area contributed by atoms with Crippen LogP contribution in [-0.4, -0.2) is 36.5 Å². The molecule has 0 N–H and O–H groups in total. The molecule has 3 aromatic rings. The van der Waals surface area contributed by atoms with Crippen LogP contribution in [0.25, 0.3) is 11.5 Å². The zero-order valence-electron chi connectivity index (χ0n) is 14.1. The SMILES string of the molecule is COc1cc(-c2nnc(SCc3ccncc3)o2)cc(OC)c1OC. The molecule has 0 bridgehead atoms. The number of hydrogen-bond acceptors (Lipinski definition) is 8. The monoisotopic (exact) mass is 359 g/mol. The van der Waals surface area contributed by atoms with Gasteiger partial charge in [-0.15, -0.1) is 10.2 Å². The predicted octanol–water partition coefficient (Wildman–Crippen LogP) is 3.45. The lowest BCUT2D eigenvalue weighted by atomic mass is 10.2. The second-order valence-corrected chi connectivity index (χ2v) is 5.86. The topological polar surface area (TPSA) is 79.5 Å². The van der Waals surface area contributed by atoms with Crippen molar-refractivity contribution in [3.05, 3.63) is 42.2 Å². The summed E-state index contributed by atoms with van der Waals surface area (Å²) in [5, 5.41) is 8.67. The summed E-state index contributed by atoms with van der Waals surface area (Å²) in [5.74, 6) is 2.68. The Bertz CT molecular complexity index is 814. The first-order valence-electron chi connectivity index (χ1n) is 7.40. The third kappa shape index (κ3) is 3.85. The molecule has 0 radical (unpaired) electrons. The van der Waals surface area contributed by atoms with Gasteiger partial charge >= 0.3 is 0 Å². The van der Waals surface area contributed by atoms with Gasteiger partial charge in [0.05, 0.1) is 21.3 Å². The van der Waals surface area contributed by atoms with E-state index in [4.69, 9.17) is 18.6 Å². The maximum atomic E-state index is 5.74. The van der Waals surface area contributed by atoms with E-state index < -0.39 is 0 Å². The molecule has 0 unspecified atom stereocenters. The van der Waals surface area contributed by atoms with Crippen molar-refractivity contribution in [2.75, 3.05) is 21.3 Å². The second kappa shape index (κ2) is 7.89. The zero-order valence-corrected chi connectivity index (χ0v) is 14.9. The van der Waals surface area contributed by atoms with Crippen molar-refractivity contribution < 1.29 is 18.6 Å². The van der Waals surface area contributed by atoms with Gasteiger partial charge in [-0.25, -0.2) is 0 Å². The number of rotatable bonds is 7. The third-order valence-electron chi connectivity index (χ3n) is 3.43. The van der Waals surface area contributed by atoms with Gasteiger partial charge in [0.15, 0.2) is 11.5 Å². The Morgan fingerprint density at radius 2 is 1.64 bits per heavy atom. The Labute approximate surface area is 149 Å². The number of hydrogen-bond donors (Lipinski definition) is 0. The predicted molar refractivity (Wildman–Crippen MR) is 93.2 cm³/mol. The van der Waals surface area contributed by atoms with E-state index in [1.54, 1.807) is 45.9 Å². The van der Waals surface area contributed by atoms with Crippen molar-refractivity contribution in [1.29, 1.82) is 0 Å².